The molecule has 0 unspecified atom stereocenters. The minimum absolute atomic E-state index is 0.0663. The van der Waals surface area contributed by atoms with Gasteiger partial charge < -0.3 is 10.2 Å². The van der Waals surface area contributed by atoms with Gasteiger partial charge in [0.1, 0.15) is 24.2 Å². The number of carbonyl (C=O) groups excluding carboxylic acids is 2. The van der Waals surface area contributed by atoms with E-state index in [0.717, 1.165) is 28.3 Å². The van der Waals surface area contributed by atoms with Crippen LogP contribution in [0.5, 0.6) is 0 Å². The van der Waals surface area contributed by atoms with Crippen molar-refractivity contribution in [3.63, 3.8) is 0 Å². The van der Waals surface area contributed by atoms with E-state index in [1.165, 1.54) is 41.3 Å². The van der Waals surface area contributed by atoms with Crippen LogP contribution in [0.2, 0.25) is 0 Å². The number of benzene rings is 3. The van der Waals surface area contributed by atoms with Crippen molar-refractivity contribution in [1.82, 2.24) is 10.2 Å². The van der Waals surface area contributed by atoms with Crippen LogP contribution in [-0.2, 0) is 32.6 Å². The number of nitrogens with one attached hydrogen (secondary N) is 1. The topological polar surface area (TPSA) is 86.8 Å². The molecule has 0 aliphatic carbocycles. The predicted molar refractivity (Wildman–Crippen MR) is 143 cm³/mol. The van der Waals surface area contributed by atoms with E-state index in [9.17, 15) is 26.8 Å². The van der Waals surface area contributed by atoms with Crippen molar-refractivity contribution in [2.45, 2.75) is 38.9 Å². The smallest absolute Gasteiger partial charge is 0.244 e. The Morgan fingerprint density at radius 2 is 1.39 bits per heavy atom. The lowest BCUT2D eigenvalue weighted by atomic mass is 10.0. The van der Waals surface area contributed by atoms with Crippen LogP contribution in [0, 0.1) is 11.6 Å². The molecule has 0 heterocycles. The summed E-state index contributed by atoms with van der Waals surface area (Å²) in [6, 6.07) is 18.2. The summed E-state index contributed by atoms with van der Waals surface area (Å²) in [7, 11) is -3.95. The van der Waals surface area contributed by atoms with E-state index in [-0.39, 0.29) is 24.7 Å². The number of anilines is 1. The van der Waals surface area contributed by atoms with Crippen molar-refractivity contribution in [3.8, 4) is 0 Å². The summed E-state index contributed by atoms with van der Waals surface area (Å²) in [5.74, 6) is -2.07. The fraction of sp³-hybridized carbons (Fsp3) is 0.286. The van der Waals surface area contributed by atoms with Crippen LogP contribution in [0.1, 0.15) is 25.0 Å². The average Bonchev–Trinajstić information content (AvgIpc) is 2.86. The van der Waals surface area contributed by atoms with Gasteiger partial charge in [-0.1, -0.05) is 42.5 Å². The van der Waals surface area contributed by atoms with Crippen molar-refractivity contribution >= 4 is 27.5 Å². The van der Waals surface area contributed by atoms with Crippen molar-refractivity contribution in [1.29, 1.82) is 0 Å². The van der Waals surface area contributed by atoms with Crippen molar-refractivity contribution < 1.29 is 26.8 Å². The number of halogens is 2. The summed E-state index contributed by atoms with van der Waals surface area (Å²) in [4.78, 5) is 28.5. The second-order valence-electron chi connectivity index (χ2n) is 9.26. The summed E-state index contributed by atoms with van der Waals surface area (Å²) < 4.78 is 53.2. The van der Waals surface area contributed by atoms with Crippen LogP contribution in [0.25, 0.3) is 0 Å². The van der Waals surface area contributed by atoms with E-state index in [1.807, 2.05) is 30.3 Å². The quantitative estimate of drug-likeness (QED) is 0.398. The Kier molecular flexibility index (Phi) is 9.57. The number of carbonyl (C=O) groups is 2. The first-order valence-corrected chi connectivity index (χ1v) is 13.9. The lowest BCUT2D eigenvalue weighted by Crippen LogP contribution is -2.54. The van der Waals surface area contributed by atoms with E-state index >= 15 is 0 Å². The third-order valence-corrected chi connectivity index (χ3v) is 6.90. The Bertz CT molecular complexity index is 1330. The zero-order valence-corrected chi connectivity index (χ0v) is 22.3. The van der Waals surface area contributed by atoms with Crippen LogP contribution in [0.4, 0.5) is 14.5 Å². The van der Waals surface area contributed by atoms with Crippen LogP contribution in [0.15, 0.2) is 78.9 Å². The summed E-state index contributed by atoms with van der Waals surface area (Å²) in [5.41, 5.74) is 1.46. The summed E-state index contributed by atoms with van der Waals surface area (Å²) >= 11 is 0. The number of nitrogens with zero attached hydrogens (tertiary/aromatic N) is 2. The van der Waals surface area contributed by atoms with Crippen molar-refractivity contribution in [3.05, 3.63) is 102 Å². The highest BCUT2D eigenvalue weighted by molar-refractivity contribution is 7.92. The summed E-state index contributed by atoms with van der Waals surface area (Å²) in [5, 5.41) is 2.85. The molecule has 3 rings (SSSR count). The molecule has 0 aromatic heterocycles. The standard InChI is InChI=1S/C28H31F2N3O4S/c1-20(2)31-28(35)26(17-21-7-5-4-6-8-21)32(18-22-9-11-23(29)12-10-22)27(34)19-33(38(3,36)37)25-15-13-24(30)14-16-25/h4-16,20,26H,17-19H2,1-3H3,(H,31,35)/t26-/m1/s1. The van der Waals surface area contributed by atoms with Gasteiger partial charge in [-0.3, -0.25) is 13.9 Å². The van der Waals surface area contributed by atoms with Gasteiger partial charge in [-0.15, -0.1) is 0 Å². The van der Waals surface area contributed by atoms with E-state index in [4.69, 9.17) is 0 Å². The molecule has 0 saturated heterocycles. The van der Waals surface area contributed by atoms with Crippen LogP contribution in [0.3, 0.4) is 0 Å². The van der Waals surface area contributed by atoms with Gasteiger partial charge in [0.25, 0.3) is 0 Å². The average molecular weight is 544 g/mol. The largest absolute Gasteiger partial charge is 0.352 e. The normalized spacial score (nSPS) is 12.2. The maximum absolute atomic E-state index is 13.8. The van der Waals surface area contributed by atoms with Crippen molar-refractivity contribution in [2.24, 2.45) is 0 Å². The van der Waals surface area contributed by atoms with Gasteiger partial charge in [0, 0.05) is 19.0 Å². The van der Waals surface area contributed by atoms with Gasteiger partial charge >= 0.3 is 0 Å². The maximum atomic E-state index is 13.8. The van der Waals surface area contributed by atoms with Gasteiger partial charge in [0.05, 0.1) is 11.9 Å². The first-order valence-electron chi connectivity index (χ1n) is 12.1. The highest BCUT2D eigenvalue weighted by Gasteiger charge is 2.33. The number of hydrogen-bond acceptors (Lipinski definition) is 4. The lowest BCUT2D eigenvalue weighted by molar-refractivity contribution is -0.140. The fourth-order valence-corrected chi connectivity index (χ4v) is 4.79. The number of rotatable bonds is 11. The van der Waals surface area contributed by atoms with E-state index in [2.05, 4.69) is 5.32 Å². The second kappa shape index (κ2) is 12.6. The van der Waals surface area contributed by atoms with Gasteiger partial charge in [-0.2, -0.15) is 0 Å². The molecule has 2 amide bonds. The SMILES string of the molecule is CC(C)NC(=O)[C@@H](Cc1ccccc1)N(Cc1ccc(F)cc1)C(=O)CN(c1ccc(F)cc1)S(C)(=O)=O. The Morgan fingerprint density at radius 3 is 1.92 bits per heavy atom. The highest BCUT2D eigenvalue weighted by Crippen LogP contribution is 2.21. The number of amides is 2. The third-order valence-electron chi connectivity index (χ3n) is 5.76. The molecule has 202 valence electrons. The molecule has 0 aliphatic heterocycles. The molecular weight excluding hydrogens is 512 g/mol. The third kappa shape index (κ3) is 8.11. The summed E-state index contributed by atoms with van der Waals surface area (Å²) in [6.45, 7) is 2.90. The van der Waals surface area contributed by atoms with Crippen molar-refractivity contribution in [2.75, 3.05) is 17.1 Å². The summed E-state index contributed by atoms with van der Waals surface area (Å²) in [6.07, 6.45) is 1.11. The van der Waals surface area contributed by atoms with E-state index < -0.39 is 46.1 Å². The first kappa shape index (κ1) is 28.8. The van der Waals surface area contributed by atoms with Crippen LogP contribution >= 0.6 is 0 Å². The molecule has 38 heavy (non-hydrogen) atoms. The minimum atomic E-state index is -3.95. The fourth-order valence-electron chi connectivity index (χ4n) is 3.94. The molecule has 10 heteroatoms. The zero-order chi connectivity index (χ0) is 27.9. The first-order chi connectivity index (χ1) is 17.9. The molecule has 1 N–H and O–H groups in total. The predicted octanol–water partition coefficient (Wildman–Crippen LogP) is 3.90. The van der Waals surface area contributed by atoms with Gasteiger partial charge in [-0.05, 0) is 61.4 Å². The molecule has 7 nitrogen and oxygen atoms in total. The van der Waals surface area contributed by atoms with Gasteiger partial charge in [0.2, 0.25) is 21.8 Å². The Balaban J connectivity index is 2.04. The molecule has 3 aromatic carbocycles. The minimum Gasteiger partial charge on any atom is -0.352 e. The second-order valence-corrected chi connectivity index (χ2v) is 11.2. The maximum Gasteiger partial charge on any atom is 0.244 e. The molecule has 0 bridgehead atoms. The van der Waals surface area contributed by atoms with Crippen LogP contribution in [-0.4, -0.2) is 50.0 Å². The van der Waals surface area contributed by atoms with Gasteiger partial charge in [-0.25, -0.2) is 17.2 Å². The molecule has 0 radical (unpaired) electrons. The lowest BCUT2D eigenvalue weighted by Gasteiger charge is -2.34. The Morgan fingerprint density at radius 1 is 0.842 bits per heavy atom. The molecule has 0 spiro atoms. The molecule has 0 aliphatic rings. The van der Waals surface area contributed by atoms with E-state index in [0.29, 0.717) is 5.56 Å². The van der Waals surface area contributed by atoms with Crippen LogP contribution < -0.4 is 9.62 Å². The molecular formula is C28H31F2N3O4S. The Hall–Kier alpha value is -3.79. The Labute approximate surface area is 222 Å². The molecule has 3 aromatic rings. The molecule has 1 atom stereocenters. The monoisotopic (exact) mass is 543 g/mol. The zero-order valence-electron chi connectivity index (χ0n) is 21.5. The highest BCUT2D eigenvalue weighted by atomic mass is 32.2. The molecule has 0 saturated carbocycles. The number of sulfonamides is 1. The molecule has 0 fully saturated rings. The number of hydrogen-bond donors (Lipinski definition) is 1. The van der Waals surface area contributed by atoms with E-state index in [1.54, 1.807) is 13.8 Å². The van der Waals surface area contributed by atoms with Gasteiger partial charge in [0.15, 0.2) is 0 Å².